The van der Waals surface area contributed by atoms with Crippen LogP contribution in [0.5, 0.6) is 0 Å². The van der Waals surface area contributed by atoms with Gasteiger partial charge in [0.15, 0.2) is 0 Å². The zero-order valence-corrected chi connectivity index (χ0v) is 13.7. The van der Waals surface area contributed by atoms with Gasteiger partial charge in [-0.05, 0) is 36.3 Å². The summed E-state index contributed by atoms with van der Waals surface area (Å²) in [5, 5.41) is 15.0. The lowest BCUT2D eigenvalue weighted by Gasteiger charge is -2.05. The fourth-order valence-corrected chi connectivity index (χ4v) is 2.28. The quantitative estimate of drug-likeness (QED) is 0.784. The van der Waals surface area contributed by atoms with Gasteiger partial charge in [-0.1, -0.05) is 48.9 Å². The van der Waals surface area contributed by atoms with Gasteiger partial charge in [0.05, 0.1) is 0 Å². The molecule has 1 heterocycles. The minimum absolute atomic E-state index is 0.0222. The van der Waals surface area contributed by atoms with Gasteiger partial charge in [-0.2, -0.15) is 4.80 Å². The second-order valence-corrected chi connectivity index (χ2v) is 5.61. The van der Waals surface area contributed by atoms with Crippen molar-refractivity contribution in [1.82, 2.24) is 20.2 Å². The molecular formula is C18H19N5O. The van der Waals surface area contributed by atoms with Crippen molar-refractivity contribution in [3.8, 4) is 11.4 Å². The number of amides is 1. The first-order valence-electron chi connectivity index (χ1n) is 7.87. The Labute approximate surface area is 140 Å². The number of anilines is 1. The average molecular weight is 321 g/mol. The van der Waals surface area contributed by atoms with Crippen molar-refractivity contribution < 1.29 is 4.79 Å². The number of benzene rings is 2. The van der Waals surface area contributed by atoms with Crippen molar-refractivity contribution in [2.45, 2.75) is 26.8 Å². The lowest BCUT2D eigenvalue weighted by atomic mass is 10.1. The van der Waals surface area contributed by atoms with Gasteiger partial charge in [0.2, 0.25) is 11.7 Å². The molecule has 0 saturated carbocycles. The monoisotopic (exact) mass is 321 g/mol. The Balaban J connectivity index is 1.63. The fraction of sp³-hybridized carbons (Fsp3) is 0.222. The van der Waals surface area contributed by atoms with Gasteiger partial charge in [0.1, 0.15) is 6.54 Å². The summed E-state index contributed by atoms with van der Waals surface area (Å²) in [4.78, 5) is 13.4. The maximum atomic E-state index is 12.1. The highest BCUT2D eigenvalue weighted by Crippen LogP contribution is 2.14. The van der Waals surface area contributed by atoms with Crippen LogP contribution in [0.3, 0.4) is 0 Å². The molecule has 122 valence electrons. The average Bonchev–Trinajstić information content (AvgIpc) is 3.04. The third-order valence-corrected chi connectivity index (χ3v) is 3.69. The summed E-state index contributed by atoms with van der Waals surface area (Å²) < 4.78 is 0. The molecule has 0 bridgehead atoms. The number of aryl methyl sites for hydroxylation is 2. The Morgan fingerprint density at radius 2 is 1.79 bits per heavy atom. The number of nitrogens with zero attached hydrogens (tertiary/aromatic N) is 4. The highest BCUT2D eigenvalue weighted by atomic mass is 16.2. The first-order chi connectivity index (χ1) is 11.6. The molecule has 0 atom stereocenters. The summed E-state index contributed by atoms with van der Waals surface area (Å²) in [7, 11) is 0. The van der Waals surface area contributed by atoms with Crippen molar-refractivity contribution in [3.63, 3.8) is 0 Å². The standard InChI is InChI=1S/C18H19N5O/c1-3-14-6-10-16(11-7-14)19-17(24)12-23-21-18(20-22-23)15-8-4-13(2)5-9-15/h4-11H,3,12H2,1-2H3,(H,19,24). The maximum Gasteiger partial charge on any atom is 0.248 e. The number of carbonyl (C=O) groups excluding carboxylic acids is 1. The van der Waals surface area contributed by atoms with Gasteiger partial charge < -0.3 is 5.32 Å². The molecule has 6 heteroatoms. The first kappa shape index (κ1) is 15.9. The van der Waals surface area contributed by atoms with E-state index in [-0.39, 0.29) is 12.5 Å². The van der Waals surface area contributed by atoms with Crippen LogP contribution in [0.15, 0.2) is 48.5 Å². The molecule has 2 aromatic carbocycles. The first-order valence-corrected chi connectivity index (χ1v) is 7.87. The Hall–Kier alpha value is -3.02. The van der Waals surface area contributed by atoms with E-state index in [0.717, 1.165) is 17.7 Å². The molecule has 1 amide bonds. The van der Waals surface area contributed by atoms with Crippen LogP contribution in [0.1, 0.15) is 18.1 Å². The molecule has 0 fully saturated rings. The van der Waals surface area contributed by atoms with E-state index in [0.29, 0.717) is 5.82 Å². The summed E-state index contributed by atoms with van der Waals surface area (Å²) >= 11 is 0. The molecule has 3 aromatic rings. The smallest absolute Gasteiger partial charge is 0.248 e. The summed E-state index contributed by atoms with van der Waals surface area (Å²) in [6.45, 7) is 4.13. The van der Waals surface area contributed by atoms with Gasteiger partial charge in [-0.25, -0.2) is 0 Å². The van der Waals surface area contributed by atoms with E-state index < -0.39 is 0 Å². The Kier molecular flexibility index (Phi) is 4.65. The van der Waals surface area contributed by atoms with Crippen molar-refractivity contribution in [2.75, 3.05) is 5.32 Å². The summed E-state index contributed by atoms with van der Waals surface area (Å²) in [6, 6.07) is 15.6. The van der Waals surface area contributed by atoms with E-state index >= 15 is 0 Å². The lowest BCUT2D eigenvalue weighted by Crippen LogP contribution is -2.20. The largest absolute Gasteiger partial charge is 0.324 e. The predicted octanol–water partition coefficient (Wildman–Crippen LogP) is 2.85. The Morgan fingerprint density at radius 3 is 2.46 bits per heavy atom. The molecule has 3 rings (SSSR count). The van der Waals surface area contributed by atoms with E-state index in [1.807, 2.05) is 55.5 Å². The number of hydrogen-bond donors (Lipinski definition) is 1. The van der Waals surface area contributed by atoms with E-state index in [2.05, 4.69) is 27.7 Å². The van der Waals surface area contributed by atoms with Crippen molar-refractivity contribution >= 4 is 11.6 Å². The van der Waals surface area contributed by atoms with Crippen LogP contribution >= 0.6 is 0 Å². The molecule has 0 unspecified atom stereocenters. The number of rotatable bonds is 5. The van der Waals surface area contributed by atoms with Crippen LogP contribution in [0.4, 0.5) is 5.69 Å². The van der Waals surface area contributed by atoms with Gasteiger partial charge in [0.25, 0.3) is 0 Å². The topological polar surface area (TPSA) is 72.7 Å². The van der Waals surface area contributed by atoms with Crippen LogP contribution in [-0.4, -0.2) is 26.1 Å². The highest BCUT2D eigenvalue weighted by Gasteiger charge is 2.09. The number of tetrazole rings is 1. The molecule has 0 aliphatic heterocycles. The molecule has 1 N–H and O–H groups in total. The molecule has 0 aliphatic carbocycles. The minimum Gasteiger partial charge on any atom is -0.324 e. The molecule has 24 heavy (non-hydrogen) atoms. The van der Waals surface area contributed by atoms with Gasteiger partial charge >= 0.3 is 0 Å². The highest BCUT2D eigenvalue weighted by molar-refractivity contribution is 5.90. The van der Waals surface area contributed by atoms with E-state index in [4.69, 9.17) is 0 Å². The summed E-state index contributed by atoms with van der Waals surface area (Å²) in [6.07, 6.45) is 0.971. The molecule has 0 aliphatic rings. The SMILES string of the molecule is CCc1ccc(NC(=O)Cn2nnc(-c3ccc(C)cc3)n2)cc1. The lowest BCUT2D eigenvalue weighted by molar-refractivity contribution is -0.117. The Morgan fingerprint density at radius 1 is 1.08 bits per heavy atom. The summed E-state index contributed by atoms with van der Waals surface area (Å²) in [5.41, 5.74) is 4.03. The molecule has 6 nitrogen and oxygen atoms in total. The molecule has 0 spiro atoms. The van der Waals surface area contributed by atoms with Crippen LogP contribution < -0.4 is 5.32 Å². The zero-order valence-electron chi connectivity index (χ0n) is 13.7. The van der Waals surface area contributed by atoms with Crippen molar-refractivity contribution in [3.05, 3.63) is 59.7 Å². The van der Waals surface area contributed by atoms with Gasteiger partial charge in [-0.3, -0.25) is 4.79 Å². The molecular weight excluding hydrogens is 302 g/mol. The predicted molar refractivity (Wildman–Crippen MR) is 92.4 cm³/mol. The van der Waals surface area contributed by atoms with Gasteiger partial charge in [0, 0.05) is 11.3 Å². The molecule has 1 aromatic heterocycles. The van der Waals surface area contributed by atoms with E-state index in [1.54, 1.807) is 0 Å². The molecule has 0 radical (unpaired) electrons. The van der Waals surface area contributed by atoms with Crippen molar-refractivity contribution in [2.24, 2.45) is 0 Å². The second-order valence-electron chi connectivity index (χ2n) is 5.61. The van der Waals surface area contributed by atoms with Crippen LogP contribution in [0.25, 0.3) is 11.4 Å². The third-order valence-electron chi connectivity index (χ3n) is 3.69. The van der Waals surface area contributed by atoms with Crippen LogP contribution in [-0.2, 0) is 17.8 Å². The second kappa shape index (κ2) is 7.04. The van der Waals surface area contributed by atoms with E-state index in [9.17, 15) is 4.79 Å². The van der Waals surface area contributed by atoms with Crippen LogP contribution in [0, 0.1) is 6.92 Å². The fourth-order valence-electron chi connectivity index (χ4n) is 2.28. The van der Waals surface area contributed by atoms with Gasteiger partial charge in [-0.15, -0.1) is 10.2 Å². The number of aromatic nitrogens is 4. The normalized spacial score (nSPS) is 10.6. The number of nitrogens with one attached hydrogen (secondary N) is 1. The van der Waals surface area contributed by atoms with Crippen LogP contribution in [0.2, 0.25) is 0 Å². The van der Waals surface area contributed by atoms with E-state index in [1.165, 1.54) is 15.9 Å². The number of carbonyl (C=O) groups is 1. The number of hydrogen-bond acceptors (Lipinski definition) is 4. The van der Waals surface area contributed by atoms with Crippen molar-refractivity contribution in [1.29, 1.82) is 0 Å². The molecule has 0 saturated heterocycles. The zero-order chi connectivity index (χ0) is 16.9. The Bertz CT molecular complexity index is 821. The maximum absolute atomic E-state index is 12.1. The summed E-state index contributed by atoms with van der Waals surface area (Å²) in [5.74, 6) is 0.321. The third kappa shape index (κ3) is 3.84. The minimum atomic E-state index is -0.188.